The van der Waals surface area contributed by atoms with Crippen molar-refractivity contribution in [1.82, 2.24) is 15.5 Å². The van der Waals surface area contributed by atoms with Crippen LogP contribution in [0, 0.1) is 5.92 Å². The molecule has 4 rings (SSSR count). The molecule has 3 N–H and O–H groups in total. The first kappa shape index (κ1) is 21.0. The molecule has 0 atom stereocenters. The molecule has 0 saturated heterocycles. The summed E-state index contributed by atoms with van der Waals surface area (Å²) < 4.78 is 38.7. The summed E-state index contributed by atoms with van der Waals surface area (Å²) in [5.41, 5.74) is 0.174. The smallest absolute Gasteiger partial charge is 0.368 e. The van der Waals surface area contributed by atoms with Crippen LogP contribution < -0.4 is 10.6 Å². The van der Waals surface area contributed by atoms with E-state index in [0.29, 0.717) is 11.8 Å². The largest absolute Gasteiger partial charge is 0.416 e. The van der Waals surface area contributed by atoms with E-state index >= 15 is 0 Å². The van der Waals surface area contributed by atoms with Crippen LogP contribution in [0.3, 0.4) is 0 Å². The molecule has 0 aliphatic heterocycles. The van der Waals surface area contributed by atoms with E-state index in [-0.39, 0.29) is 16.6 Å². The van der Waals surface area contributed by atoms with Crippen LogP contribution in [0.25, 0.3) is 0 Å². The van der Waals surface area contributed by atoms with Crippen molar-refractivity contribution in [3.8, 4) is 0 Å². The number of nitrogens with zero attached hydrogens (tertiary/aromatic N) is 1. The van der Waals surface area contributed by atoms with Crippen LogP contribution in [0.15, 0.2) is 24.3 Å². The van der Waals surface area contributed by atoms with Gasteiger partial charge in [0.05, 0.1) is 16.1 Å². The van der Waals surface area contributed by atoms with Gasteiger partial charge in [-0.1, -0.05) is 11.6 Å². The lowest BCUT2D eigenvalue weighted by atomic mass is 9.86. The van der Waals surface area contributed by atoms with Crippen molar-refractivity contribution in [2.45, 2.75) is 56.7 Å². The number of aromatic amines is 1. The summed E-state index contributed by atoms with van der Waals surface area (Å²) in [6.07, 6.45) is 1.35. The highest BCUT2D eigenvalue weighted by Gasteiger charge is 2.32. The zero-order chi connectivity index (χ0) is 21.3. The molecule has 0 radical (unpaired) electrons. The average Bonchev–Trinajstić information content (AvgIpc) is 3.45. The number of aromatic nitrogens is 2. The number of nitrogens with one attached hydrogen (secondary N) is 3. The first-order valence-corrected chi connectivity index (χ1v) is 10.6. The Kier molecular flexibility index (Phi) is 5.95. The van der Waals surface area contributed by atoms with Gasteiger partial charge in [-0.2, -0.15) is 18.3 Å². The van der Waals surface area contributed by atoms with E-state index in [1.165, 1.54) is 18.5 Å². The number of rotatable bonds is 6. The summed E-state index contributed by atoms with van der Waals surface area (Å²) >= 11 is 5.96. The van der Waals surface area contributed by atoms with Crippen molar-refractivity contribution >= 4 is 23.3 Å². The number of alkyl halides is 3. The first-order chi connectivity index (χ1) is 14.3. The molecular formula is C21H24ClF3N4O. The number of carbonyl (C=O) groups excluding carboxylic acids is 1. The summed E-state index contributed by atoms with van der Waals surface area (Å²) in [7, 11) is 0. The number of halogens is 4. The summed E-state index contributed by atoms with van der Waals surface area (Å²) in [5.74, 6) is 1.41. The normalized spacial score (nSPS) is 22.0. The van der Waals surface area contributed by atoms with E-state index in [1.54, 1.807) is 0 Å². The molecular weight excluding hydrogens is 417 g/mol. The number of anilines is 1. The predicted molar refractivity (Wildman–Crippen MR) is 109 cm³/mol. The van der Waals surface area contributed by atoms with Crippen LogP contribution >= 0.6 is 11.6 Å². The number of H-pyrrole nitrogens is 1. The Morgan fingerprint density at radius 1 is 1.13 bits per heavy atom. The quantitative estimate of drug-likeness (QED) is 0.566. The lowest BCUT2D eigenvalue weighted by molar-refractivity contribution is -0.137. The maximum atomic E-state index is 12.9. The zero-order valence-corrected chi connectivity index (χ0v) is 17.1. The van der Waals surface area contributed by atoms with Gasteiger partial charge in [0.15, 0.2) is 0 Å². The summed E-state index contributed by atoms with van der Waals surface area (Å²) in [4.78, 5) is 12.5. The molecule has 0 spiro atoms. The van der Waals surface area contributed by atoms with Crippen molar-refractivity contribution in [1.29, 1.82) is 0 Å². The van der Waals surface area contributed by atoms with Gasteiger partial charge in [-0.15, -0.1) is 0 Å². The molecule has 2 fully saturated rings. The van der Waals surface area contributed by atoms with Crippen molar-refractivity contribution in [2.24, 2.45) is 5.92 Å². The van der Waals surface area contributed by atoms with Crippen LogP contribution in [-0.2, 0) is 6.18 Å². The summed E-state index contributed by atoms with van der Waals surface area (Å²) in [6, 6.07) is 4.82. The molecule has 2 aromatic rings. The van der Waals surface area contributed by atoms with Crippen LogP contribution in [0.4, 0.5) is 19.0 Å². The second-order valence-corrected chi connectivity index (χ2v) is 8.65. The minimum Gasteiger partial charge on any atom is -0.368 e. The number of amides is 1. The Bertz CT molecular complexity index is 902. The molecule has 0 bridgehead atoms. The van der Waals surface area contributed by atoms with Crippen LogP contribution in [0.2, 0.25) is 5.02 Å². The monoisotopic (exact) mass is 440 g/mol. The lowest BCUT2D eigenvalue weighted by Gasteiger charge is -2.29. The van der Waals surface area contributed by atoms with Gasteiger partial charge in [-0.25, -0.2) is 0 Å². The van der Waals surface area contributed by atoms with Gasteiger partial charge in [0, 0.05) is 30.3 Å². The molecule has 2 aliphatic rings. The van der Waals surface area contributed by atoms with Crippen molar-refractivity contribution < 1.29 is 18.0 Å². The molecule has 0 unspecified atom stereocenters. The Morgan fingerprint density at radius 3 is 2.53 bits per heavy atom. The van der Waals surface area contributed by atoms with Crippen molar-refractivity contribution in [3.63, 3.8) is 0 Å². The van der Waals surface area contributed by atoms with Crippen molar-refractivity contribution in [3.05, 3.63) is 46.1 Å². The van der Waals surface area contributed by atoms with Gasteiger partial charge >= 0.3 is 6.18 Å². The van der Waals surface area contributed by atoms with Gasteiger partial charge in [-0.3, -0.25) is 9.89 Å². The van der Waals surface area contributed by atoms with E-state index in [4.69, 9.17) is 11.6 Å². The van der Waals surface area contributed by atoms with E-state index in [0.717, 1.165) is 56.2 Å². The highest BCUT2D eigenvalue weighted by atomic mass is 35.5. The van der Waals surface area contributed by atoms with Gasteiger partial charge in [0.1, 0.15) is 5.82 Å². The lowest BCUT2D eigenvalue weighted by Crippen LogP contribution is -2.38. The standard InChI is InChI=1S/C21H24ClF3N4O/c22-17-8-5-14(21(23,24)25)9-16(17)20(30)27-15-6-1-12(2-7-15)11-26-19-10-18(28-29-19)13-3-4-13/h5,8-10,12-13,15H,1-4,6-7,11H2,(H,27,30)(H2,26,28,29). The van der Waals surface area contributed by atoms with Crippen molar-refractivity contribution in [2.75, 3.05) is 11.9 Å². The number of benzene rings is 1. The Labute approximate surface area is 177 Å². The second kappa shape index (κ2) is 8.49. The molecule has 1 aromatic carbocycles. The predicted octanol–water partition coefficient (Wildman–Crippen LogP) is 5.36. The molecule has 1 amide bonds. The van der Waals surface area contributed by atoms with Gasteiger partial charge in [0.2, 0.25) is 0 Å². The Hall–Kier alpha value is -2.22. The molecule has 5 nitrogen and oxygen atoms in total. The minimum absolute atomic E-state index is 0.0166. The fourth-order valence-electron chi connectivity index (χ4n) is 3.93. The highest BCUT2D eigenvalue weighted by Crippen LogP contribution is 2.39. The SMILES string of the molecule is O=C(NC1CCC(CNc2cc(C3CC3)[nH]n2)CC1)c1cc(C(F)(F)F)ccc1Cl. The maximum Gasteiger partial charge on any atom is 0.416 e. The molecule has 162 valence electrons. The Morgan fingerprint density at radius 2 is 1.87 bits per heavy atom. The first-order valence-electron chi connectivity index (χ1n) is 10.3. The van der Waals surface area contributed by atoms with Crippen LogP contribution in [-0.4, -0.2) is 28.7 Å². The third-order valence-electron chi connectivity index (χ3n) is 5.91. The highest BCUT2D eigenvalue weighted by molar-refractivity contribution is 6.33. The fourth-order valence-corrected chi connectivity index (χ4v) is 4.13. The molecule has 2 saturated carbocycles. The van der Waals surface area contributed by atoms with E-state index in [1.807, 2.05) is 0 Å². The molecule has 9 heteroatoms. The van der Waals surface area contributed by atoms with Gasteiger partial charge in [-0.05, 0) is 62.6 Å². The molecule has 30 heavy (non-hydrogen) atoms. The zero-order valence-electron chi connectivity index (χ0n) is 16.4. The average molecular weight is 441 g/mol. The fraction of sp³-hybridized carbons (Fsp3) is 0.524. The number of hydrogen-bond acceptors (Lipinski definition) is 3. The summed E-state index contributed by atoms with van der Waals surface area (Å²) in [5, 5.41) is 13.6. The van der Waals surface area contributed by atoms with Gasteiger partial charge < -0.3 is 10.6 Å². The Balaban J connectivity index is 1.25. The number of hydrogen-bond donors (Lipinski definition) is 3. The van der Waals surface area contributed by atoms with E-state index in [9.17, 15) is 18.0 Å². The topological polar surface area (TPSA) is 69.8 Å². The van der Waals surface area contributed by atoms with E-state index in [2.05, 4.69) is 26.9 Å². The molecule has 2 aliphatic carbocycles. The second-order valence-electron chi connectivity index (χ2n) is 8.25. The molecule has 1 heterocycles. The van der Waals surface area contributed by atoms with Gasteiger partial charge in [0.25, 0.3) is 5.91 Å². The van der Waals surface area contributed by atoms with E-state index < -0.39 is 17.6 Å². The molecule has 1 aromatic heterocycles. The summed E-state index contributed by atoms with van der Waals surface area (Å²) in [6.45, 7) is 0.815. The minimum atomic E-state index is -4.52. The number of carbonyl (C=O) groups is 1. The third kappa shape index (κ3) is 5.09. The maximum absolute atomic E-state index is 12.9. The third-order valence-corrected chi connectivity index (χ3v) is 6.24. The van der Waals surface area contributed by atoms with Crippen LogP contribution in [0.5, 0.6) is 0 Å². The van der Waals surface area contributed by atoms with Crippen LogP contribution in [0.1, 0.15) is 66.1 Å².